The van der Waals surface area contributed by atoms with E-state index in [0.29, 0.717) is 36.0 Å². The van der Waals surface area contributed by atoms with Crippen molar-refractivity contribution in [3.63, 3.8) is 0 Å². The number of benzene rings is 1. The molecule has 5 heterocycles. The van der Waals surface area contributed by atoms with E-state index < -0.39 is 53.1 Å². The van der Waals surface area contributed by atoms with Crippen molar-refractivity contribution >= 4 is 64.3 Å². The molecule has 4 aromatic rings. The number of para-hydroxylation sites is 2. The van der Waals surface area contributed by atoms with Crippen LogP contribution >= 0.6 is 11.3 Å². The van der Waals surface area contributed by atoms with E-state index in [2.05, 4.69) is 41.6 Å². The number of thiazole rings is 1. The fourth-order valence-electron chi connectivity index (χ4n) is 6.86. The van der Waals surface area contributed by atoms with Crippen molar-refractivity contribution < 1.29 is 28.7 Å². The second-order valence-corrected chi connectivity index (χ2v) is 15.7. The zero-order valence-electron chi connectivity index (χ0n) is 30.7. The standard InChI is InChI=1S/C37H43N11O6S/c1-36(2,3)54-35(52)41-27-14-8-6-4-5-7-11-22-20-37(22,33(51)42-34-44-46-47-45-34)43-30(49)28-19-23(21-48(28)32(27)50)53-31-26(15-16-29-38-17-18-55-29)39-24-12-9-10-13-25(24)40-31/h7,9-13,15-18,22-23,27-28H,4-6,8,14,19-21H2,1-3H3,(H,41,52)(H,43,49)(H2,42,44,45,46,47,51)/b11-7-,16-15+/t22-,23+,27-,28-,37+/m0/s1. The van der Waals surface area contributed by atoms with E-state index in [1.807, 2.05) is 47.9 Å². The average molecular weight is 770 g/mol. The summed E-state index contributed by atoms with van der Waals surface area (Å²) in [5, 5.41) is 24.5. The first-order valence-corrected chi connectivity index (χ1v) is 19.2. The highest BCUT2D eigenvalue weighted by atomic mass is 32.1. The van der Waals surface area contributed by atoms with Gasteiger partial charge < -0.3 is 25.0 Å². The lowest BCUT2D eigenvalue weighted by molar-refractivity contribution is -0.141. The van der Waals surface area contributed by atoms with Crippen LogP contribution in [0.3, 0.4) is 0 Å². The van der Waals surface area contributed by atoms with Gasteiger partial charge in [0.15, 0.2) is 0 Å². The number of carbonyl (C=O) groups is 4. The number of amides is 4. The molecule has 2 fully saturated rings. The summed E-state index contributed by atoms with van der Waals surface area (Å²) < 4.78 is 12.1. The van der Waals surface area contributed by atoms with E-state index in [-0.39, 0.29) is 30.7 Å². The number of hydrogen-bond donors (Lipinski definition) is 4. The highest BCUT2D eigenvalue weighted by Crippen LogP contribution is 2.46. The number of aromatic amines is 1. The second kappa shape index (κ2) is 15.9. The maximum Gasteiger partial charge on any atom is 0.408 e. The number of nitrogens with zero attached hydrogens (tertiary/aromatic N) is 7. The van der Waals surface area contributed by atoms with E-state index in [1.54, 1.807) is 33.0 Å². The molecule has 7 rings (SSSR count). The van der Waals surface area contributed by atoms with Gasteiger partial charge in [0.05, 0.1) is 17.6 Å². The van der Waals surface area contributed by atoms with Gasteiger partial charge in [-0.25, -0.2) is 19.7 Å². The number of fused-ring (bicyclic) bond motifs is 3. The Balaban J connectivity index is 1.21. The quantitative estimate of drug-likeness (QED) is 0.196. The predicted molar refractivity (Wildman–Crippen MR) is 202 cm³/mol. The minimum absolute atomic E-state index is 0.00104. The zero-order chi connectivity index (χ0) is 38.6. The van der Waals surface area contributed by atoms with E-state index in [0.717, 1.165) is 24.3 Å². The van der Waals surface area contributed by atoms with Gasteiger partial charge in [-0.2, -0.15) is 5.21 Å². The first-order valence-electron chi connectivity index (χ1n) is 18.3. The number of anilines is 1. The van der Waals surface area contributed by atoms with Crippen molar-refractivity contribution in [1.29, 1.82) is 0 Å². The van der Waals surface area contributed by atoms with Crippen molar-refractivity contribution in [3.8, 4) is 5.88 Å². The molecule has 1 saturated heterocycles. The maximum atomic E-state index is 14.6. The zero-order valence-corrected chi connectivity index (χ0v) is 31.5. The molecule has 4 amide bonds. The SMILES string of the molecule is CC(C)(C)OC(=O)N[C@H]1CCCCC/C=C\[C@H]2C[C@@]2(C(=O)Nc2nn[nH]n2)NC(=O)[C@@H]2C[C@@H](Oc3nc4ccccc4nc3/C=C/c3nccs3)CN2C1=O. The van der Waals surface area contributed by atoms with Gasteiger partial charge in [-0.05, 0) is 76.0 Å². The van der Waals surface area contributed by atoms with Crippen molar-refractivity contribution in [2.75, 3.05) is 11.9 Å². The van der Waals surface area contributed by atoms with Crippen molar-refractivity contribution in [2.24, 2.45) is 5.92 Å². The summed E-state index contributed by atoms with van der Waals surface area (Å²) in [5.41, 5.74) is -0.389. The predicted octanol–water partition coefficient (Wildman–Crippen LogP) is 4.05. The Morgan fingerprint density at radius 1 is 1.09 bits per heavy atom. The Bertz CT molecular complexity index is 2080. The molecule has 17 nitrogen and oxygen atoms in total. The summed E-state index contributed by atoms with van der Waals surface area (Å²) in [6, 6.07) is 5.36. The van der Waals surface area contributed by atoms with Gasteiger partial charge in [0.1, 0.15) is 40.0 Å². The highest BCUT2D eigenvalue weighted by molar-refractivity contribution is 7.10. The molecule has 288 valence electrons. The van der Waals surface area contributed by atoms with Crippen molar-refractivity contribution in [3.05, 3.63) is 58.7 Å². The van der Waals surface area contributed by atoms with Crippen LogP contribution in [0, 0.1) is 5.92 Å². The van der Waals surface area contributed by atoms with Crippen LogP contribution in [0.15, 0.2) is 48.0 Å². The molecule has 0 bridgehead atoms. The van der Waals surface area contributed by atoms with Gasteiger partial charge in [0.25, 0.3) is 11.9 Å². The summed E-state index contributed by atoms with van der Waals surface area (Å²) >= 11 is 1.47. The third kappa shape index (κ3) is 8.96. The number of carbonyl (C=O) groups excluding carboxylic acids is 4. The Hall–Kier alpha value is -5.78. The number of nitrogens with one attached hydrogen (secondary N) is 4. The normalized spacial score (nSPS) is 25.3. The molecular weight excluding hydrogens is 727 g/mol. The summed E-state index contributed by atoms with van der Waals surface area (Å²) in [6.45, 7) is 5.23. The Kier molecular flexibility index (Phi) is 10.9. The number of alkyl carbamates (subject to hydrolysis) is 1. The van der Waals surface area contributed by atoms with Crippen LogP contribution in [-0.4, -0.2) is 100 Å². The van der Waals surface area contributed by atoms with Gasteiger partial charge in [-0.1, -0.05) is 42.2 Å². The topological polar surface area (TPSA) is 219 Å². The summed E-state index contributed by atoms with van der Waals surface area (Å²) in [6.07, 6.45) is 11.6. The lowest BCUT2D eigenvalue weighted by atomic mass is 10.0. The number of aromatic nitrogens is 7. The number of allylic oxidation sites excluding steroid dienone is 1. The van der Waals surface area contributed by atoms with Crippen molar-refractivity contribution in [2.45, 2.75) is 95.0 Å². The first kappa shape index (κ1) is 37.5. The minimum atomic E-state index is -1.31. The molecule has 3 aromatic heterocycles. The van der Waals surface area contributed by atoms with Crippen LogP contribution in [-0.2, 0) is 19.1 Å². The van der Waals surface area contributed by atoms with Crippen molar-refractivity contribution in [1.82, 2.24) is 51.1 Å². The first-order chi connectivity index (χ1) is 26.5. The maximum absolute atomic E-state index is 14.6. The van der Waals surface area contributed by atoms with E-state index >= 15 is 0 Å². The summed E-state index contributed by atoms with van der Waals surface area (Å²) in [7, 11) is 0. The molecule has 2 aliphatic heterocycles. The Morgan fingerprint density at radius 3 is 2.65 bits per heavy atom. The van der Waals surface area contributed by atoms with Crippen LogP contribution in [0.25, 0.3) is 23.2 Å². The smallest absolute Gasteiger partial charge is 0.408 e. The third-order valence-electron chi connectivity index (χ3n) is 9.58. The molecule has 4 N–H and O–H groups in total. The van der Waals surface area contributed by atoms with E-state index in [9.17, 15) is 19.2 Å². The van der Waals surface area contributed by atoms with E-state index in [1.165, 1.54) is 16.2 Å². The number of H-pyrrole nitrogens is 1. The molecule has 0 unspecified atom stereocenters. The number of tetrazole rings is 1. The monoisotopic (exact) mass is 769 g/mol. The van der Waals surface area contributed by atoms with Crippen LogP contribution < -0.4 is 20.7 Å². The largest absolute Gasteiger partial charge is 0.471 e. The molecule has 0 radical (unpaired) electrons. The fourth-order valence-corrected chi connectivity index (χ4v) is 7.39. The number of ether oxygens (including phenoxy) is 2. The van der Waals surface area contributed by atoms with Gasteiger partial charge in [-0.3, -0.25) is 19.7 Å². The molecule has 1 saturated carbocycles. The minimum Gasteiger partial charge on any atom is -0.471 e. The highest BCUT2D eigenvalue weighted by Gasteiger charge is 2.61. The Labute approximate surface area is 320 Å². The molecule has 1 aliphatic carbocycles. The fraction of sp³-hybridized carbons (Fsp3) is 0.459. The Morgan fingerprint density at radius 2 is 1.91 bits per heavy atom. The van der Waals surface area contributed by atoms with Crippen LogP contribution in [0.1, 0.15) is 76.4 Å². The third-order valence-corrected chi connectivity index (χ3v) is 10.3. The van der Waals surface area contributed by atoms with E-state index in [4.69, 9.17) is 19.4 Å². The lowest BCUT2D eigenvalue weighted by Crippen LogP contribution is -2.57. The molecular formula is C37H43N11O6S. The van der Waals surface area contributed by atoms with Gasteiger partial charge in [-0.15, -0.1) is 16.4 Å². The molecule has 1 aromatic carbocycles. The summed E-state index contributed by atoms with van der Waals surface area (Å²) in [5.74, 6) is -1.61. The second-order valence-electron chi connectivity index (χ2n) is 14.8. The molecule has 3 aliphatic rings. The van der Waals surface area contributed by atoms with Crippen LogP contribution in [0.4, 0.5) is 10.7 Å². The molecule has 5 atom stereocenters. The summed E-state index contributed by atoms with van der Waals surface area (Å²) in [4.78, 5) is 71.1. The van der Waals surface area contributed by atoms with Crippen LogP contribution in [0.5, 0.6) is 5.88 Å². The number of rotatable bonds is 7. The molecule has 55 heavy (non-hydrogen) atoms. The molecule has 0 spiro atoms. The van der Waals surface area contributed by atoms with Gasteiger partial charge in [0.2, 0.25) is 17.7 Å². The van der Waals surface area contributed by atoms with Gasteiger partial charge >= 0.3 is 6.09 Å². The lowest BCUT2D eigenvalue weighted by Gasteiger charge is -2.30. The molecule has 18 heteroatoms. The van der Waals surface area contributed by atoms with Crippen LogP contribution in [0.2, 0.25) is 0 Å². The average Bonchev–Trinajstić information content (AvgIpc) is 3.63. The number of hydrogen-bond acceptors (Lipinski definition) is 13. The van der Waals surface area contributed by atoms with Gasteiger partial charge in [0, 0.05) is 23.9 Å².